The number of carbonyl (C=O) groups excluding carboxylic acids is 3. The molecule has 7 nitrogen and oxygen atoms in total. The maximum absolute atomic E-state index is 13.3. The highest BCUT2D eigenvalue weighted by Gasteiger charge is 2.36. The van der Waals surface area contributed by atoms with Crippen LogP contribution < -0.4 is 5.32 Å². The van der Waals surface area contributed by atoms with Gasteiger partial charge in [-0.2, -0.15) is 0 Å². The van der Waals surface area contributed by atoms with E-state index in [4.69, 9.17) is 27.9 Å². The van der Waals surface area contributed by atoms with Crippen LogP contribution in [0.15, 0.2) is 77.8 Å². The molecule has 0 saturated carbocycles. The Labute approximate surface area is 228 Å². The quantitative estimate of drug-likeness (QED) is 0.344. The first-order valence-electron chi connectivity index (χ1n) is 11.5. The molecule has 1 aliphatic heterocycles. The van der Waals surface area contributed by atoms with Crippen LogP contribution in [-0.2, 0) is 20.9 Å². The lowest BCUT2D eigenvalue weighted by atomic mass is 10.2. The molecule has 0 aromatic heterocycles. The summed E-state index contributed by atoms with van der Waals surface area (Å²) >= 11 is 13.5. The number of hydrogen-bond acceptors (Lipinski definition) is 6. The van der Waals surface area contributed by atoms with Gasteiger partial charge in [-0.25, -0.2) is 9.79 Å². The van der Waals surface area contributed by atoms with Crippen LogP contribution in [0.25, 0.3) is 0 Å². The van der Waals surface area contributed by atoms with Gasteiger partial charge in [0.15, 0.2) is 5.17 Å². The van der Waals surface area contributed by atoms with E-state index < -0.39 is 11.2 Å². The number of nitrogens with one attached hydrogen (secondary N) is 1. The molecule has 0 bridgehead atoms. The number of anilines is 1. The number of amidine groups is 1. The first-order chi connectivity index (χ1) is 17.8. The summed E-state index contributed by atoms with van der Waals surface area (Å²) in [6.45, 7) is 2.22. The van der Waals surface area contributed by atoms with Gasteiger partial charge < -0.3 is 10.1 Å². The summed E-state index contributed by atoms with van der Waals surface area (Å²) in [6.07, 6.45) is -0.00460. The van der Waals surface area contributed by atoms with Crippen LogP contribution in [0.1, 0.15) is 29.3 Å². The molecule has 0 unspecified atom stereocenters. The predicted octanol–water partition coefficient (Wildman–Crippen LogP) is 6.33. The van der Waals surface area contributed by atoms with E-state index in [1.54, 1.807) is 61.5 Å². The Morgan fingerprint density at radius 1 is 1.05 bits per heavy atom. The molecule has 1 fully saturated rings. The third-order valence-corrected chi connectivity index (χ3v) is 7.24. The van der Waals surface area contributed by atoms with Crippen LogP contribution >= 0.6 is 35.0 Å². The normalized spacial score (nSPS) is 16.5. The van der Waals surface area contributed by atoms with Crippen LogP contribution in [0.3, 0.4) is 0 Å². The molecule has 0 aliphatic carbocycles. The Morgan fingerprint density at radius 2 is 1.76 bits per heavy atom. The van der Waals surface area contributed by atoms with E-state index in [0.29, 0.717) is 32.2 Å². The van der Waals surface area contributed by atoms with Gasteiger partial charge in [-0.1, -0.05) is 53.2 Å². The molecule has 4 rings (SSSR count). The van der Waals surface area contributed by atoms with E-state index in [2.05, 4.69) is 10.3 Å². The summed E-state index contributed by atoms with van der Waals surface area (Å²) in [5.41, 5.74) is 2.25. The van der Waals surface area contributed by atoms with Gasteiger partial charge in [-0.3, -0.25) is 14.5 Å². The summed E-state index contributed by atoms with van der Waals surface area (Å²) in [6, 6.07) is 20.5. The molecule has 1 saturated heterocycles. The van der Waals surface area contributed by atoms with Crippen LogP contribution in [0.5, 0.6) is 0 Å². The van der Waals surface area contributed by atoms with Gasteiger partial charge >= 0.3 is 5.97 Å². The first kappa shape index (κ1) is 26.7. The van der Waals surface area contributed by atoms with E-state index in [0.717, 1.165) is 5.56 Å². The van der Waals surface area contributed by atoms with Crippen molar-refractivity contribution in [3.8, 4) is 0 Å². The largest absolute Gasteiger partial charge is 0.462 e. The third-order valence-electron chi connectivity index (χ3n) is 5.43. The predicted molar refractivity (Wildman–Crippen MR) is 148 cm³/mol. The Morgan fingerprint density at radius 3 is 2.43 bits per heavy atom. The van der Waals surface area contributed by atoms with Gasteiger partial charge in [0.05, 0.1) is 24.4 Å². The second kappa shape index (κ2) is 12.3. The number of ether oxygens (including phenoxy) is 1. The number of rotatable bonds is 7. The zero-order chi connectivity index (χ0) is 26.4. The van der Waals surface area contributed by atoms with Gasteiger partial charge in [-0.15, -0.1) is 0 Å². The molecule has 0 spiro atoms. The standard InChI is InChI=1S/C27H23Cl2N3O4S/c1-2-36-26(35)17-7-11-21(12-8-17)31-27-32(16-18-5-3-4-6-22(18)29)24(33)15-23(37-27)25(34)30-20-13-9-19(28)10-14-20/h3-14,23H,2,15-16H2,1H3,(H,30,34)/t23-/m0/s1. The lowest BCUT2D eigenvalue weighted by Gasteiger charge is -2.32. The molecule has 10 heteroatoms. The highest BCUT2D eigenvalue weighted by atomic mass is 35.5. The van der Waals surface area contributed by atoms with Crippen molar-refractivity contribution >= 4 is 69.3 Å². The monoisotopic (exact) mass is 555 g/mol. The summed E-state index contributed by atoms with van der Waals surface area (Å²) < 4.78 is 5.03. The topological polar surface area (TPSA) is 88.1 Å². The Hall–Kier alpha value is -3.33. The summed E-state index contributed by atoms with van der Waals surface area (Å²) in [7, 11) is 0. The number of carbonyl (C=O) groups is 3. The molecule has 1 aliphatic rings. The summed E-state index contributed by atoms with van der Waals surface area (Å²) in [4.78, 5) is 44.5. The molecule has 37 heavy (non-hydrogen) atoms. The maximum Gasteiger partial charge on any atom is 0.338 e. The lowest BCUT2D eigenvalue weighted by Crippen LogP contribution is -2.44. The van der Waals surface area contributed by atoms with Crippen molar-refractivity contribution in [1.82, 2.24) is 4.90 Å². The number of esters is 1. The maximum atomic E-state index is 13.3. The number of benzene rings is 3. The minimum absolute atomic E-state index is 0.00460. The minimum Gasteiger partial charge on any atom is -0.462 e. The number of halogens is 2. The van der Waals surface area contributed by atoms with Crippen molar-refractivity contribution in [2.24, 2.45) is 4.99 Å². The molecule has 1 heterocycles. The van der Waals surface area contributed by atoms with Gasteiger partial charge in [-0.05, 0) is 67.1 Å². The van der Waals surface area contributed by atoms with E-state index >= 15 is 0 Å². The summed E-state index contributed by atoms with van der Waals surface area (Å²) in [5, 5.41) is 3.58. The van der Waals surface area contributed by atoms with Crippen molar-refractivity contribution in [3.05, 3.63) is 94.0 Å². The zero-order valence-corrected chi connectivity index (χ0v) is 22.1. The van der Waals surface area contributed by atoms with Gasteiger partial charge in [0.25, 0.3) is 0 Å². The van der Waals surface area contributed by atoms with E-state index in [-0.39, 0.29) is 31.4 Å². The van der Waals surface area contributed by atoms with Crippen molar-refractivity contribution in [3.63, 3.8) is 0 Å². The van der Waals surface area contributed by atoms with Crippen molar-refractivity contribution < 1.29 is 19.1 Å². The third kappa shape index (κ3) is 6.91. The Kier molecular flexibility index (Phi) is 8.87. The fourth-order valence-corrected chi connectivity index (χ4v) is 4.97. The van der Waals surface area contributed by atoms with Gasteiger partial charge in [0, 0.05) is 22.2 Å². The Bertz CT molecular complexity index is 1330. The van der Waals surface area contributed by atoms with Crippen LogP contribution in [0, 0.1) is 0 Å². The molecule has 1 N–H and O–H groups in total. The van der Waals surface area contributed by atoms with Crippen LogP contribution in [0.2, 0.25) is 10.0 Å². The van der Waals surface area contributed by atoms with E-state index in [9.17, 15) is 14.4 Å². The molecular formula is C27H23Cl2N3O4S. The zero-order valence-electron chi connectivity index (χ0n) is 19.8. The van der Waals surface area contributed by atoms with E-state index in [1.165, 1.54) is 16.7 Å². The molecule has 0 radical (unpaired) electrons. The lowest BCUT2D eigenvalue weighted by molar-refractivity contribution is -0.129. The van der Waals surface area contributed by atoms with Gasteiger partial charge in [0.2, 0.25) is 11.8 Å². The second-order valence-corrected chi connectivity index (χ2v) is 10.1. The smallest absolute Gasteiger partial charge is 0.338 e. The fourth-order valence-electron chi connectivity index (χ4n) is 3.55. The number of nitrogens with zero attached hydrogens (tertiary/aromatic N) is 2. The number of hydrogen-bond donors (Lipinski definition) is 1. The fraction of sp³-hybridized carbons (Fsp3) is 0.185. The average Bonchev–Trinajstić information content (AvgIpc) is 2.89. The van der Waals surface area contributed by atoms with Crippen LogP contribution in [0.4, 0.5) is 11.4 Å². The highest BCUT2D eigenvalue weighted by molar-refractivity contribution is 8.15. The SMILES string of the molecule is CCOC(=O)c1ccc(N=C2S[C@H](C(=O)Nc3ccc(Cl)cc3)CC(=O)N2Cc2ccccc2Cl)cc1. The van der Waals surface area contributed by atoms with Crippen LogP contribution in [-0.4, -0.2) is 39.7 Å². The minimum atomic E-state index is -0.691. The highest BCUT2D eigenvalue weighted by Crippen LogP contribution is 2.32. The molecule has 190 valence electrons. The number of thioether (sulfide) groups is 1. The van der Waals surface area contributed by atoms with Crippen molar-refractivity contribution in [1.29, 1.82) is 0 Å². The van der Waals surface area contributed by atoms with Crippen molar-refractivity contribution in [2.75, 3.05) is 11.9 Å². The van der Waals surface area contributed by atoms with Gasteiger partial charge in [0.1, 0.15) is 5.25 Å². The molecular weight excluding hydrogens is 533 g/mol. The number of amides is 2. The molecule has 3 aromatic carbocycles. The molecule has 1 atom stereocenters. The average molecular weight is 556 g/mol. The molecule has 2 amide bonds. The Balaban J connectivity index is 1.61. The summed E-state index contributed by atoms with van der Waals surface area (Å²) in [5.74, 6) is -0.997. The number of aliphatic imine (C=N–C) groups is 1. The van der Waals surface area contributed by atoms with E-state index in [1.807, 2.05) is 18.2 Å². The second-order valence-electron chi connectivity index (χ2n) is 8.04. The van der Waals surface area contributed by atoms with Crippen molar-refractivity contribution in [2.45, 2.75) is 25.1 Å². The molecule has 3 aromatic rings. The first-order valence-corrected chi connectivity index (χ1v) is 13.1.